The van der Waals surface area contributed by atoms with Crippen molar-refractivity contribution >= 4 is 18.6 Å². The van der Waals surface area contributed by atoms with Crippen LogP contribution in [0.25, 0.3) is 0 Å². The predicted molar refractivity (Wildman–Crippen MR) is 101 cm³/mol. The second-order valence-electron chi connectivity index (χ2n) is 5.95. The zero-order valence-electron chi connectivity index (χ0n) is 14.6. The molecule has 0 aliphatic rings. The molecule has 2 aromatic rings. The number of thiol groups is 1. The summed E-state index contributed by atoms with van der Waals surface area (Å²) in [6, 6.07) is 10.9. The van der Waals surface area contributed by atoms with Gasteiger partial charge in [-0.15, -0.1) is 0 Å². The molecule has 0 saturated carbocycles. The Kier molecular flexibility index (Phi) is 6.49. The smallest absolute Gasteiger partial charge is 0.339 e. The fourth-order valence-corrected chi connectivity index (χ4v) is 1.99. The fraction of sp³-hybridized carbons (Fsp3) is 0.300. The first-order chi connectivity index (χ1) is 11.9. The van der Waals surface area contributed by atoms with Gasteiger partial charge in [-0.2, -0.15) is 12.6 Å². The van der Waals surface area contributed by atoms with Crippen molar-refractivity contribution in [2.75, 3.05) is 12.4 Å². The van der Waals surface area contributed by atoms with Crippen molar-refractivity contribution < 1.29 is 14.3 Å². The van der Waals surface area contributed by atoms with Crippen molar-refractivity contribution in [3.05, 3.63) is 59.4 Å². The molecular formula is C20H21NO3S. The van der Waals surface area contributed by atoms with Crippen molar-refractivity contribution in [3.63, 3.8) is 0 Å². The molecule has 0 aliphatic heterocycles. The van der Waals surface area contributed by atoms with E-state index in [-0.39, 0.29) is 11.6 Å². The molecule has 0 saturated heterocycles. The van der Waals surface area contributed by atoms with Gasteiger partial charge in [-0.05, 0) is 57.0 Å². The van der Waals surface area contributed by atoms with Crippen LogP contribution in [-0.2, 0) is 4.74 Å². The summed E-state index contributed by atoms with van der Waals surface area (Å²) < 4.78 is 10.8. The SMILES string of the molecule is CCOC(=O)c1ccc(C#Cc2cccc(OC(C)(C)CS)c2)nc1. The number of carbonyl (C=O) groups excluding carboxylic acids is 1. The molecule has 1 heterocycles. The van der Waals surface area contributed by atoms with E-state index < -0.39 is 0 Å². The Hall–Kier alpha value is -2.45. The van der Waals surface area contributed by atoms with Crippen molar-refractivity contribution in [2.24, 2.45) is 0 Å². The van der Waals surface area contributed by atoms with E-state index in [1.54, 1.807) is 19.1 Å². The van der Waals surface area contributed by atoms with Crippen LogP contribution in [0, 0.1) is 11.8 Å². The Balaban J connectivity index is 2.12. The lowest BCUT2D eigenvalue weighted by molar-refractivity contribution is 0.0526. The largest absolute Gasteiger partial charge is 0.487 e. The second kappa shape index (κ2) is 8.59. The molecule has 0 bridgehead atoms. The third-order valence-electron chi connectivity index (χ3n) is 3.22. The van der Waals surface area contributed by atoms with Crippen LogP contribution >= 0.6 is 12.6 Å². The molecule has 0 unspecified atom stereocenters. The standard InChI is InChI=1S/C20H21NO3S/c1-4-23-19(22)16-9-11-17(21-13-16)10-8-15-6-5-7-18(12-15)24-20(2,3)14-25/h5-7,9,11-13,25H,4,14H2,1-3H3. The highest BCUT2D eigenvalue weighted by Gasteiger charge is 2.17. The number of pyridine rings is 1. The van der Waals surface area contributed by atoms with Crippen LogP contribution in [0.1, 0.15) is 42.4 Å². The van der Waals surface area contributed by atoms with Crippen molar-refractivity contribution in [1.82, 2.24) is 4.98 Å². The lowest BCUT2D eigenvalue weighted by Crippen LogP contribution is -2.30. The maximum atomic E-state index is 11.6. The third kappa shape index (κ3) is 5.84. The van der Waals surface area contributed by atoms with Gasteiger partial charge in [0.2, 0.25) is 0 Å². The van der Waals surface area contributed by atoms with Crippen LogP contribution in [-0.4, -0.2) is 28.9 Å². The zero-order chi connectivity index (χ0) is 18.3. The van der Waals surface area contributed by atoms with Crippen molar-refractivity contribution in [3.8, 4) is 17.6 Å². The lowest BCUT2D eigenvalue weighted by atomic mass is 10.1. The van der Waals surface area contributed by atoms with Gasteiger partial charge in [0, 0.05) is 17.5 Å². The number of rotatable bonds is 5. The minimum absolute atomic E-state index is 0.336. The van der Waals surface area contributed by atoms with Crippen LogP contribution in [0.4, 0.5) is 0 Å². The van der Waals surface area contributed by atoms with Gasteiger partial charge in [0.25, 0.3) is 0 Å². The van der Waals surface area contributed by atoms with Crippen LogP contribution in [0.5, 0.6) is 5.75 Å². The van der Waals surface area contributed by atoms with E-state index in [0.717, 1.165) is 11.3 Å². The zero-order valence-corrected chi connectivity index (χ0v) is 15.5. The molecule has 0 atom stereocenters. The van der Waals surface area contributed by atoms with Gasteiger partial charge in [-0.25, -0.2) is 9.78 Å². The number of ether oxygens (including phenoxy) is 2. The molecular weight excluding hydrogens is 334 g/mol. The molecule has 130 valence electrons. The number of aromatic nitrogens is 1. The molecule has 1 aromatic heterocycles. The maximum Gasteiger partial charge on any atom is 0.339 e. The predicted octanol–water partition coefficient (Wildman–Crippen LogP) is 3.75. The van der Waals surface area contributed by atoms with Gasteiger partial charge in [-0.1, -0.05) is 12.0 Å². The molecule has 0 radical (unpaired) electrons. The molecule has 0 spiro atoms. The third-order valence-corrected chi connectivity index (χ3v) is 3.98. The van der Waals surface area contributed by atoms with Crippen LogP contribution in [0.2, 0.25) is 0 Å². The second-order valence-corrected chi connectivity index (χ2v) is 6.27. The van der Waals surface area contributed by atoms with E-state index in [4.69, 9.17) is 9.47 Å². The Morgan fingerprint density at radius 3 is 2.68 bits per heavy atom. The molecule has 4 nitrogen and oxygen atoms in total. The van der Waals surface area contributed by atoms with E-state index in [2.05, 4.69) is 29.5 Å². The summed E-state index contributed by atoms with van der Waals surface area (Å²) in [5.74, 6) is 7.00. The first kappa shape index (κ1) is 18.9. The Morgan fingerprint density at radius 1 is 1.24 bits per heavy atom. The van der Waals surface area contributed by atoms with E-state index in [9.17, 15) is 4.79 Å². The molecule has 0 N–H and O–H groups in total. The summed E-state index contributed by atoms with van der Waals surface area (Å²) in [7, 11) is 0. The topological polar surface area (TPSA) is 48.4 Å². The summed E-state index contributed by atoms with van der Waals surface area (Å²) >= 11 is 4.29. The van der Waals surface area contributed by atoms with E-state index in [1.165, 1.54) is 6.20 Å². The summed E-state index contributed by atoms with van der Waals surface area (Å²) in [6.45, 7) is 6.06. The first-order valence-corrected chi connectivity index (χ1v) is 8.62. The molecule has 25 heavy (non-hydrogen) atoms. The Morgan fingerprint density at radius 2 is 2.04 bits per heavy atom. The highest BCUT2D eigenvalue weighted by atomic mass is 32.1. The number of carbonyl (C=O) groups is 1. The van der Waals surface area contributed by atoms with E-state index in [1.807, 2.05) is 38.1 Å². The van der Waals surface area contributed by atoms with Crippen LogP contribution in [0.3, 0.4) is 0 Å². The fourth-order valence-electron chi connectivity index (χ4n) is 1.93. The van der Waals surface area contributed by atoms with Crippen molar-refractivity contribution in [2.45, 2.75) is 26.4 Å². The van der Waals surface area contributed by atoms with E-state index >= 15 is 0 Å². The molecule has 5 heteroatoms. The summed E-state index contributed by atoms with van der Waals surface area (Å²) in [4.78, 5) is 15.8. The molecule has 1 aromatic carbocycles. The van der Waals surface area contributed by atoms with Gasteiger partial charge in [0.1, 0.15) is 17.0 Å². The Bertz CT molecular complexity index is 789. The number of benzene rings is 1. The van der Waals surface area contributed by atoms with Gasteiger partial charge in [0.15, 0.2) is 0 Å². The van der Waals surface area contributed by atoms with Gasteiger partial charge < -0.3 is 9.47 Å². The average molecular weight is 355 g/mol. The Labute approximate surface area is 154 Å². The molecule has 2 rings (SSSR count). The van der Waals surface area contributed by atoms with Crippen LogP contribution in [0.15, 0.2) is 42.6 Å². The lowest BCUT2D eigenvalue weighted by Gasteiger charge is -2.24. The van der Waals surface area contributed by atoms with Crippen LogP contribution < -0.4 is 4.74 Å². The highest BCUT2D eigenvalue weighted by Crippen LogP contribution is 2.20. The summed E-state index contributed by atoms with van der Waals surface area (Å²) in [5.41, 5.74) is 1.47. The quantitative estimate of drug-likeness (QED) is 0.504. The molecule has 0 fully saturated rings. The minimum atomic E-state index is -0.383. The maximum absolute atomic E-state index is 11.6. The monoisotopic (exact) mass is 355 g/mol. The van der Waals surface area contributed by atoms with Gasteiger partial charge in [0.05, 0.1) is 12.2 Å². The normalized spacial score (nSPS) is 10.6. The number of hydrogen-bond acceptors (Lipinski definition) is 5. The number of esters is 1. The van der Waals surface area contributed by atoms with E-state index in [0.29, 0.717) is 23.6 Å². The minimum Gasteiger partial charge on any atom is -0.487 e. The number of hydrogen-bond donors (Lipinski definition) is 1. The number of nitrogens with zero attached hydrogens (tertiary/aromatic N) is 1. The van der Waals surface area contributed by atoms with Gasteiger partial charge >= 0.3 is 5.97 Å². The average Bonchev–Trinajstić information content (AvgIpc) is 2.60. The molecule has 0 aliphatic carbocycles. The van der Waals surface area contributed by atoms with Gasteiger partial charge in [-0.3, -0.25) is 0 Å². The first-order valence-electron chi connectivity index (χ1n) is 7.98. The summed E-state index contributed by atoms with van der Waals surface area (Å²) in [5, 5.41) is 0. The summed E-state index contributed by atoms with van der Waals surface area (Å²) in [6.07, 6.45) is 1.47. The molecule has 0 amide bonds. The highest BCUT2D eigenvalue weighted by molar-refractivity contribution is 7.80. The van der Waals surface area contributed by atoms with Crippen molar-refractivity contribution in [1.29, 1.82) is 0 Å².